The molecule has 18 heteroatoms. The highest BCUT2D eigenvalue weighted by atomic mass is 15.4. The van der Waals surface area contributed by atoms with Crippen molar-refractivity contribution >= 4 is 125 Å². The van der Waals surface area contributed by atoms with Crippen LogP contribution in [-0.2, 0) is 0 Å². The summed E-state index contributed by atoms with van der Waals surface area (Å²) in [6, 6.07) is 53.3. The first-order chi connectivity index (χ1) is 40.6. The van der Waals surface area contributed by atoms with Crippen LogP contribution in [0.1, 0.15) is 53.5 Å². The van der Waals surface area contributed by atoms with Crippen molar-refractivity contribution in [2.45, 2.75) is 25.7 Å². The second-order valence-electron chi connectivity index (χ2n) is 20.0. The first-order valence-corrected chi connectivity index (χ1v) is 27.8. The Labute approximate surface area is 474 Å². The fourth-order valence-electron chi connectivity index (χ4n) is 10.1. The number of nitrogens with zero attached hydrogens (tertiary/aromatic N) is 10. The number of benzene rings is 9. The lowest BCUT2D eigenvalue weighted by Gasteiger charge is -2.08. The van der Waals surface area contributed by atoms with Crippen LogP contribution in [0, 0.1) is 0 Å². The van der Waals surface area contributed by atoms with Gasteiger partial charge in [0.25, 0.3) is 0 Å². The van der Waals surface area contributed by atoms with Crippen molar-refractivity contribution in [3.05, 3.63) is 179 Å². The van der Waals surface area contributed by atoms with Crippen LogP contribution in [0.15, 0.2) is 202 Å². The van der Waals surface area contributed by atoms with Gasteiger partial charge in [0.15, 0.2) is 0 Å². The third kappa shape index (κ3) is 13.4. The number of aliphatic imine (C=N–C) groups is 5. The van der Waals surface area contributed by atoms with Crippen molar-refractivity contribution in [3.63, 3.8) is 0 Å². The Morgan fingerprint density at radius 3 is 1.02 bits per heavy atom. The maximum atomic E-state index is 4.42. The summed E-state index contributed by atoms with van der Waals surface area (Å²) in [6.45, 7) is 6.76. The normalized spacial score (nSPS) is 15.9. The molecular formula is C64H62N18. The van der Waals surface area contributed by atoms with Crippen molar-refractivity contribution < 1.29 is 0 Å². The standard InChI is InChI=1S/C23H23N7.C22H22N8.C19H17N3/c1-2-22(24-7-1)29-27-14-16-3-5-18-12-19-6-4-17(11-21(19)13-20(18)10-16)15-28-30-23-25-8-9-26-23;1-3-17-11-20-10-16(14-28-30-22-25-7-8-26-22)2-4-18(20)12-19(17)9-15(1)13-27-29-21-23-5-6-24-21;1-3-8-16-14(6-1)12-15-7-2-4-9-17(15)18(16)13-21-22-19-10-5-11-20-19/h3-6,10-15H,1-2,7-9H2,(H,24,29)(H2,25,26,30);1-4,9-14H,5-8H2,(H2,23,24,29)(H2,25,26,30);1-4,6-9,12-13H,5,10-11H2,(H,20,22)/b27-14-,28-15-;27-13-,28-14-;21-13+. The number of guanidine groups is 3. The molecule has 9 aromatic carbocycles. The number of hydrogen-bond donors (Lipinski definition) is 8. The van der Waals surface area contributed by atoms with Crippen molar-refractivity contribution in [2.75, 3.05) is 52.4 Å². The van der Waals surface area contributed by atoms with E-state index >= 15 is 0 Å². The van der Waals surface area contributed by atoms with Gasteiger partial charge in [0.2, 0.25) is 17.9 Å². The number of hydrogen-bond acceptors (Lipinski definition) is 18. The summed E-state index contributed by atoms with van der Waals surface area (Å²) < 4.78 is 0. The topological polar surface area (TPSA) is 220 Å². The van der Waals surface area contributed by atoms with Gasteiger partial charge in [0.1, 0.15) is 11.7 Å². The van der Waals surface area contributed by atoms with Crippen LogP contribution >= 0.6 is 0 Å². The predicted octanol–water partition coefficient (Wildman–Crippen LogP) is 8.86. The van der Waals surface area contributed by atoms with Gasteiger partial charge in [0.05, 0.1) is 50.7 Å². The van der Waals surface area contributed by atoms with Gasteiger partial charge in [-0.3, -0.25) is 20.8 Å². The average Bonchev–Trinajstić information content (AvgIpc) is 4.18. The molecule has 408 valence electrons. The molecule has 0 aliphatic carbocycles. The van der Waals surface area contributed by atoms with Crippen LogP contribution in [0.25, 0.3) is 64.6 Å². The van der Waals surface area contributed by atoms with Gasteiger partial charge in [-0.05, 0) is 154 Å². The second-order valence-corrected chi connectivity index (χ2v) is 20.0. The molecule has 82 heavy (non-hydrogen) atoms. The molecule has 0 saturated heterocycles. The number of amidine groups is 2. The zero-order valence-electron chi connectivity index (χ0n) is 45.3. The molecule has 0 radical (unpaired) electrons. The monoisotopic (exact) mass is 1080 g/mol. The quantitative estimate of drug-likeness (QED) is 0.0375. The molecule has 0 fully saturated rings. The largest absolute Gasteiger partial charge is 0.353 e. The van der Waals surface area contributed by atoms with Gasteiger partial charge >= 0.3 is 0 Å². The minimum Gasteiger partial charge on any atom is -0.353 e. The van der Waals surface area contributed by atoms with Crippen molar-refractivity contribution in [3.8, 4) is 0 Å². The van der Waals surface area contributed by atoms with E-state index in [2.05, 4.69) is 245 Å². The molecule has 0 atom stereocenters. The zero-order valence-corrected chi connectivity index (χ0v) is 45.3. The minimum absolute atomic E-state index is 0.722. The Balaban J connectivity index is 0.000000123. The molecule has 0 spiro atoms. The van der Waals surface area contributed by atoms with Crippen molar-refractivity contribution in [1.29, 1.82) is 0 Å². The molecule has 5 heterocycles. The van der Waals surface area contributed by atoms with E-state index in [0.717, 1.165) is 135 Å². The number of nitrogens with one attached hydrogen (secondary N) is 8. The van der Waals surface area contributed by atoms with Gasteiger partial charge in [-0.15, -0.1) is 0 Å². The minimum atomic E-state index is 0.722. The van der Waals surface area contributed by atoms with Crippen LogP contribution in [0.5, 0.6) is 0 Å². The summed E-state index contributed by atoms with van der Waals surface area (Å²) in [5.41, 5.74) is 20.2. The van der Waals surface area contributed by atoms with Gasteiger partial charge in [-0.25, -0.2) is 31.3 Å². The van der Waals surface area contributed by atoms with E-state index in [9.17, 15) is 0 Å². The highest BCUT2D eigenvalue weighted by molar-refractivity contribution is 6.13. The molecule has 0 aromatic heterocycles. The fourth-order valence-corrected chi connectivity index (χ4v) is 10.1. The lowest BCUT2D eigenvalue weighted by Crippen LogP contribution is -2.30. The molecule has 5 aliphatic rings. The van der Waals surface area contributed by atoms with Crippen LogP contribution in [0.4, 0.5) is 0 Å². The van der Waals surface area contributed by atoms with E-state index in [1.807, 2.05) is 31.1 Å². The maximum absolute atomic E-state index is 4.42. The number of fused-ring (bicyclic) bond motifs is 6. The predicted molar refractivity (Wildman–Crippen MR) is 342 cm³/mol. The highest BCUT2D eigenvalue weighted by Crippen LogP contribution is 2.29. The van der Waals surface area contributed by atoms with E-state index < -0.39 is 0 Å². The summed E-state index contributed by atoms with van der Waals surface area (Å²) in [5.74, 6) is 4.13. The van der Waals surface area contributed by atoms with Crippen molar-refractivity contribution in [2.24, 2.45) is 50.5 Å². The fraction of sp³-hybridized carbons (Fsp3) is 0.188. The van der Waals surface area contributed by atoms with Crippen LogP contribution in [-0.4, -0.2) is 113 Å². The van der Waals surface area contributed by atoms with Gasteiger partial charge in [-0.2, -0.15) is 25.5 Å². The van der Waals surface area contributed by atoms with E-state index in [0.29, 0.717) is 0 Å². The Bertz CT molecular complexity index is 3910. The van der Waals surface area contributed by atoms with Gasteiger partial charge in [0, 0.05) is 51.1 Å². The Morgan fingerprint density at radius 2 is 0.659 bits per heavy atom. The number of hydrazone groups is 5. The van der Waals surface area contributed by atoms with Crippen LogP contribution in [0.2, 0.25) is 0 Å². The maximum Gasteiger partial charge on any atom is 0.212 e. The number of rotatable bonds is 10. The lowest BCUT2D eigenvalue weighted by molar-refractivity contribution is 0.920. The molecule has 0 amide bonds. The van der Waals surface area contributed by atoms with E-state index in [1.165, 1.54) is 64.6 Å². The summed E-state index contributed by atoms with van der Waals surface area (Å²) >= 11 is 0. The Morgan fingerprint density at radius 1 is 0.317 bits per heavy atom. The third-order valence-electron chi connectivity index (χ3n) is 14.2. The summed E-state index contributed by atoms with van der Waals surface area (Å²) in [4.78, 5) is 21.5. The molecule has 8 N–H and O–H groups in total. The first-order valence-electron chi connectivity index (χ1n) is 27.8. The van der Waals surface area contributed by atoms with Gasteiger partial charge in [-0.1, -0.05) is 97.1 Å². The molecule has 0 bridgehead atoms. The average molecular weight is 1080 g/mol. The summed E-state index contributed by atoms with van der Waals surface area (Å²) in [7, 11) is 0. The Kier molecular flexibility index (Phi) is 16.4. The highest BCUT2D eigenvalue weighted by Gasteiger charge is 2.10. The van der Waals surface area contributed by atoms with Crippen LogP contribution in [0.3, 0.4) is 0 Å². The van der Waals surface area contributed by atoms with Crippen molar-refractivity contribution in [1.82, 2.24) is 43.1 Å². The third-order valence-corrected chi connectivity index (χ3v) is 14.2. The zero-order chi connectivity index (χ0) is 55.1. The van der Waals surface area contributed by atoms with Crippen LogP contribution < -0.4 is 43.1 Å². The lowest BCUT2D eigenvalue weighted by atomic mass is 9.97. The van der Waals surface area contributed by atoms with E-state index in [1.54, 1.807) is 0 Å². The smallest absolute Gasteiger partial charge is 0.212 e. The second kappa shape index (κ2) is 25.6. The first kappa shape index (κ1) is 52.3. The van der Waals surface area contributed by atoms with E-state index in [4.69, 9.17) is 0 Å². The summed E-state index contributed by atoms with van der Waals surface area (Å²) in [6.07, 6.45) is 13.4. The SMILES string of the molecule is C(=N/NC1=NCCC1)/c1ccc2cc3ccc(/C=N\NC4=NCCN4)cc3cc2c1.C(=N/NC1=NCCN1)/c1ccc2cc3cc(/C=N\NC4=NCCN4)ccc3cc2c1.C(=N\NC1=NCCC1)/c1c2ccccc2cc2ccccc12. The molecule has 5 aliphatic heterocycles. The molecule has 0 unspecified atom stereocenters. The van der Waals surface area contributed by atoms with E-state index in [-0.39, 0.29) is 0 Å². The molecule has 18 nitrogen and oxygen atoms in total. The summed E-state index contributed by atoms with van der Waals surface area (Å²) in [5, 5.41) is 45.3. The molecule has 0 saturated carbocycles. The molecular weight excluding hydrogens is 1020 g/mol. The molecule has 9 aromatic rings. The van der Waals surface area contributed by atoms with Gasteiger partial charge < -0.3 is 16.0 Å². The Hall–Kier alpha value is -10.4. The molecule has 14 rings (SSSR count).